The largest absolute Gasteiger partial charge is 0.357 e. The van der Waals surface area contributed by atoms with Crippen LogP contribution in [0.1, 0.15) is 12.8 Å². The number of nitrogens with zero attached hydrogens (tertiary/aromatic N) is 2. The lowest BCUT2D eigenvalue weighted by Gasteiger charge is -2.17. The minimum atomic E-state index is -3.98. The van der Waals surface area contributed by atoms with Crippen LogP contribution in [0.5, 0.6) is 0 Å². The topological polar surface area (TPSA) is 107 Å². The van der Waals surface area contributed by atoms with E-state index in [0.717, 1.165) is 43.8 Å². The van der Waals surface area contributed by atoms with Crippen LogP contribution in [0.4, 0.5) is 5.69 Å². The number of sulfonamides is 1. The Morgan fingerprint density at radius 1 is 1.38 bits per heavy atom. The molecule has 1 aliphatic rings. The Bertz CT molecular complexity index is 684. The summed E-state index contributed by atoms with van der Waals surface area (Å²) in [6.07, 6.45) is 2.10. The number of nitrogens with two attached hydrogens (primary N) is 1. The molecular formula is C11H13N3O4S3. The molecule has 0 radical (unpaired) electrons. The lowest BCUT2D eigenvalue weighted by atomic mass is 10.3. The SMILES string of the molecule is NS(=O)(=O)c1ccc(SC(=S)N2CCCC2)c([N+](=O)[O-])c1. The van der Waals surface area contributed by atoms with Crippen molar-refractivity contribution in [1.82, 2.24) is 4.90 Å². The summed E-state index contributed by atoms with van der Waals surface area (Å²) in [5.41, 5.74) is -0.312. The zero-order valence-corrected chi connectivity index (χ0v) is 13.3. The summed E-state index contributed by atoms with van der Waals surface area (Å²) < 4.78 is 23.1. The quantitative estimate of drug-likeness (QED) is 0.384. The molecular weight excluding hydrogens is 334 g/mol. The van der Waals surface area contributed by atoms with E-state index in [4.69, 9.17) is 17.4 Å². The summed E-state index contributed by atoms with van der Waals surface area (Å²) in [4.78, 5) is 12.5. The number of thioether (sulfide) groups is 1. The summed E-state index contributed by atoms with van der Waals surface area (Å²) in [6.45, 7) is 1.68. The highest BCUT2D eigenvalue weighted by Crippen LogP contribution is 2.33. The van der Waals surface area contributed by atoms with Crippen molar-refractivity contribution in [2.75, 3.05) is 13.1 Å². The van der Waals surface area contributed by atoms with Gasteiger partial charge in [0, 0.05) is 19.2 Å². The minimum absolute atomic E-state index is 0.286. The number of likely N-dealkylation sites (tertiary alicyclic amines) is 1. The molecule has 0 aliphatic carbocycles. The summed E-state index contributed by atoms with van der Waals surface area (Å²) in [7, 11) is -3.98. The Hall–Kier alpha value is -1.23. The van der Waals surface area contributed by atoms with Gasteiger partial charge in [-0.25, -0.2) is 13.6 Å². The van der Waals surface area contributed by atoms with Crippen LogP contribution in [0.25, 0.3) is 0 Å². The average molecular weight is 347 g/mol. The van der Waals surface area contributed by atoms with Crippen molar-refractivity contribution < 1.29 is 13.3 Å². The van der Waals surface area contributed by atoms with Gasteiger partial charge in [0.1, 0.15) is 4.32 Å². The fraction of sp³-hybridized carbons (Fsp3) is 0.364. The van der Waals surface area contributed by atoms with E-state index in [2.05, 4.69) is 0 Å². The average Bonchev–Trinajstić information content (AvgIpc) is 2.91. The van der Waals surface area contributed by atoms with E-state index in [1.807, 2.05) is 4.90 Å². The zero-order chi connectivity index (χ0) is 15.6. The zero-order valence-electron chi connectivity index (χ0n) is 10.9. The van der Waals surface area contributed by atoms with Crippen LogP contribution in [0.3, 0.4) is 0 Å². The Labute approximate surface area is 131 Å². The molecule has 1 heterocycles. The summed E-state index contributed by atoms with van der Waals surface area (Å²) >= 11 is 6.37. The molecule has 21 heavy (non-hydrogen) atoms. The Balaban J connectivity index is 2.30. The number of benzene rings is 1. The number of nitro benzene ring substituents is 1. The molecule has 0 amide bonds. The lowest BCUT2D eigenvalue weighted by molar-refractivity contribution is -0.387. The van der Waals surface area contributed by atoms with Crippen LogP contribution in [0, 0.1) is 10.1 Å². The van der Waals surface area contributed by atoms with Gasteiger partial charge in [0.05, 0.1) is 14.7 Å². The highest BCUT2D eigenvalue weighted by Gasteiger charge is 2.23. The van der Waals surface area contributed by atoms with Gasteiger partial charge in [0.2, 0.25) is 10.0 Å². The van der Waals surface area contributed by atoms with Gasteiger partial charge < -0.3 is 4.90 Å². The van der Waals surface area contributed by atoms with Crippen LogP contribution in [-0.2, 0) is 10.0 Å². The molecule has 0 bridgehead atoms. The van der Waals surface area contributed by atoms with Crippen molar-refractivity contribution in [2.45, 2.75) is 22.6 Å². The third-order valence-corrected chi connectivity index (χ3v) is 5.43. The summed E-state index contributed by atoms with van der Waals surface area (Å²) in [6, 6.07) is 3.58. The fourth-order valence-corrected chi connectivity index (χ4v) is 3.82. The molecule has 1 aromatic rings. The van der Waals surface area contributed by atoms with E-state index >= 15 is 0 Å². The first-order chi connectivity index (χ1) is 9.79. The molecule has 2 rings (SSSR count). The maximum Gasteiger partial charge on any atom is 0.284 e. The molecule has 1 fully saturated rings. The highest BCUT2D eigenvalue weighted by molar-refractivity contribution is 8.23. The summed E-state index contributed by atoms with van der Waals surface area (Å²) in [5, 5.41) is 16.1. The maximum atomic E-state index is 11.3. The van der Waals surface area contributed by atoms with Gasteiger partial charge in [0.25, 0.3) is 5.69 Å². The number of nitro groups is 1. The molecule has 0 aromatic heterocycles. The number of thiocarbonyl (C=S) groups is 1. The molecule has 10 heteroatoms. The number of hydrogen-bond donors (Lipinski definition) is 1. The van der Waals surface area contributed by atoms with E-state index in [1.54, 1.807) is 0 Å². The van der Waals surface area contributed by atoms with Crippen LogP contribution < -0.4 is 5.14 Å². The minimum Gasteiger partial charge on any atom is -0.357 e. The van der Waals surface area contributed by atoms with Crippen molar-refractivity contribution in [3.8, 4) is 0 Å². The van der Waals surface area contributed by atoms with Gasteiger partial charge in [-0.05, 0) is 25.0 Å². The standard InChI is InChI=1S/C11H13N3O4S3/c12-21(17,18)8-3-4-10(9(7-8)14(15)16)20-11(19)13-5-1-2-6-13/h3-4,7H,1-2,5-6H2,(H2,12,17,18). The molecule has 0 spiro atoms. The van der Waals surface area contributed by atoms with Crippen molar-refractivity contribution in [1.29, 1.82) is 0 Å². The Kier molecular flexibility index (Phi) is 4.81. The van der Waals surface area contributed by atoms with Gasteiger partial charge in [-0.15, -0.1) is 0 Å². The van der Waals surface area contributed by atoms with E-state index < -0.39 is 14.9 Å². The first kappa shape index (κ1) is 16.1. The Morgan fingerprint density at radius 2 is 2.00 bits per heavy atom. The summed E-state index contributed by atoms with van der Waals surface area (Å²) in [5.74, 6) is 0. The fourth-order valence-electron chi connectivity index (χ4n) is 1.96. The lowest BCUT2D eigenvalue weighted by Crippen LogP contribution is -2.23. The Morgan fingerprint density at radius 3 is 2.52 bits per heavy atom. The first-order valence-corrected chi connectivity index (χ1v) is 8.84. The van der Waals surface area contributed by atoms with Crippen LogP contribution in [0.15, 0.2) is 28.0 Å². The smallest absolute Gasteiger partial charge is 0.284 e. The van der Waals surface area contributed by atoms with Crippen LogP contribution in [-0.4, -0.2) is 35.7 Å². The third-order valence-electron chi connectivity index (χ3n) is 3.02. The predicted molar refractivity (Wildman–Crippen MR) is 83.7 cm³/mol. The van der Waals surface area contributed by atoms with Gasteiger partial charge in [0.15, 0.2) is 0 Å². The van der Waals surface area contributed by atoms with Crippen molar-refractivity contribution >= 4 is 44.0 Å². The second-order valence-electron chi connectivity index (χ2n) is 4.49. The molecule has 1 aromatic carbocycles. The molecule has 7 nitrogen and oxygen atoms in total. The van der Waals surface area contributed by atoms with Crippen LogP contribution >= 0.6 is 24.0 Å². The van der Waals surface area contributed by atoms with E-state index in [9.17, 15) is 18.5 Å². The second kappa shape index (κ2) is 6.26. The molecule has 0 atom stereocenters. The number of rotatable bonds is 3. The highest BCUT2D eigenvalue weighted by atomic mass is 32.2. The molecule has 1 saturated heterocycles. The third kappa shape index (κ3) is 3.90. The van der Waals surface area contributed by atoms with Gasteiger partial charge in [-0.2, -0.15) is 0 Å². The van der Waals surface area contributed by atoms with Crippen molar-refractivity contribution in [2.24, 2.45) is 5.14 Å². The number of primary sulfonamides is 1. The van der Waals surface area contributed by atoms with Crippen LogP contribution in [0.2, 0.25) is 0 Å². The monoisotopic (exact) mass is 347 g/mol. The second-order valence-corrected chi connectivity index (χ2v) is 7.73. The van der Waals surface area contributed by atoms with Gasteiger partial charge in [-0.1, -0.05) is 24.0 Å². The maximum absolute atomic E-state index is 11.3. The molecule has 1 aliphatic heterocycles. The van der Waals surface area contributed by atoms with E-state index in [0.29, 0.717) is 9.22 Å². The molecule has 0 saturated carbocycles. The molecule has 2 N–H and O–H groups in total. The number of hydrogen-bond acceptors (Lipinski definition) is 6. The predicted octanol–water partition coefficient (Wildman–Crippen LogP) is 1.72. The molecule has 114 valence electrons. The van der Waals surface area contributed by atoms with Crippen molar-refractivity contribution in [3.05, 3.63) is 28.3 Å². The van der Waals surface area contributed by atoms with Crippen molar-refractivity contribution in [3.63, 3.8) is 0 Å². The van der Waals surface area contributed by atoms with Gasteiger partial charge in [-0.3, -0.25) is 10.1 Å². The normalized spacial score (nSPS) is 15.2. The van der Waals surface area contributed by atoms with E-state index in [-0.39, 0.29) is 10.6 Å². The first-order valence-electron chi connectivity index (χ1n) is 6.07. The van der Waals surface area contributed by atoms with E-state index in [1.165, 1.54) is 12.1 Å². The van der Waals surface area contributed by atoms with Gasteiger partial charge >= 0.3 is 0 Å². The molecule has 0 unspecified atom stereocenters.